The number of fused-ring (bicyclic) bond motifs is 3. The van der Waals surface area contributed by atoms with Crippen LogP contribution in [0.15, 0.2) is 24.3 Å². The molecule has 0 N–H and O–H groups in total. The van der Waals surface area contributed by atoms with Crippen LogP contribution in [0.25, 0.3) is 0 Å². The molecule has 0 radical (unpaired) electrons. The van der Waals surface area contributed by atoms with E-state index in [0.29, 0.717) is 5.41 Å². The van der Waals surface area contributed by atoms with Gasteiger partial charge in [-0.25, -0.2) is 0 Å². The summed E-state index contributed by atoms with van der Waals surface area (Å²) in [7, 11) is 0. The molecule has 1 saturated carbocycles. The molecule has 2 aliphatic carbocycles. The first kappa shape index (κ1) is 14.2. The maximum Gasteiger partial charge on any atom is -0.0102 e. The van der Waals surface area contributed by atoms with Crippen LogP contribution in [0.5, 0.6) is 0 Å². The molecule has 1 fully saturated rings. The fourth-order valence-corrected chi connectivity index (χ4v) is 4.71. The molecule has 0 spiro atoms. The summed E-state index contributed by atoms with van der Waals surface area (Å²) in [6, 6.07) is 9.27. The van der Waals surface area contributed by atoms with E-state index in [9.17, 15) is 0 Å². The maximum absolute atomic E-state index is 2.57. The van der Waals surface area contributed by atoms with Crippen molar-refractivity contribution in [1.29, 1.82) is 0 Å². The van der Waals surface area contributed by atoms with Crippen LogP contribution in [0, 0.1) is 11.3 Å². The third-order valence-corrected chi connectivity index (χ3v) is 6.15. The summed E-state index contributed by atoms with van der Waals surface area (Å²) in [5, 5.41) is 0. The van der Waals surface area contributed by atoms with E-state index in [1.165, 1.54) is 57.8 Å². The van der Waals surface area contributed by atoms with Crippen molar-refractivity contribution in [3.63, 3.8) is 0 Å². The normalized spacial score (nSPS) is 32.5. The van der Waals surface area contributed by atoms with Crippen molar-refractivity contribution in [2.45, 2.75) is 77.6 Å². The quantitative estimate of drug-likeness (QED) is 0.580. The second-order valence-electron chi connectivity index (χ2n) is 7.54. The summed E-state index contributed by atoms with van der Waals surface area (Å²) in [4.78, 5) is 0. The zero-order valence-electron chi connectivity index (χ0n) is 13.3. The summed E-state index contributed by atoms with van der Waals surface area (Å²) in [6.07, 6.45) is 12.8. The van der Waals surface area contributed by atoms with E-state index in [1.807, 2.05) is 0 Å². The van der Waals surface area contributed by atoms with Crippen LogP contribution in [-0.4, -0.2) is 0 Å². The molecule has 3 unspecified atom stereocenters. The Bertz CT molecular complexity index is 447. The lowest BCUT2D eigenvalue weighted by Crippen LogP contribution is -2.36. The zero-order chi connectivity index (χ0) is 14.0. The summed E-state index contributed by atoms with van der Waals surface area (Å²) in [5.41, 5.74) is 3.93. The van der Waals surface area contributed by atoms with Crippen LogP contribution in [0.3, 0.4) is 0 Å². The van der Waals surface area contributed by atoms with Gasteiger partial charge in [-0.05, 0) is 60.5 Å². The predicted octanol–water partition coefficient (Wildman–Crippen LogP) is 6.10. The highest BCUT2D eigenvalue weighted by Gasteiger charge is 2.43. The van der Waals surface area contributed by atoms with Crippen molar-refractivity contribution in [2.75, 3.05) is 0 Å². The molecule has 0 aromatic heterocycles. The summed E-state index contributed by atoms with van der Waals surface area (Å²) < 4.78 is 0. The third-order valence-electron chi connectivity index (χ3n) is 6.15. The topological polar surface area (TPSA) is 0 Å². The Hall–Kier alpha value is -0.780. The lowest BCUT2D eigenvalue weighted by atomic mass is 9.56. The van der Waals surface area contributed by atoms with Gasteiger partial charge in [0.1, 0.15) is 0 Å². The van der Waals surface area contributed by atoms with E-state index in [2.05, 4.69) is 38.1 Å². The Morgan fingerprint density at radius 1 is 1.15 bits per heavy atom. The molecule has 0 heteroatoms. The molecule has 1 aromatic rings. The van der Waals surface area contributed by atoms with E-state index >= 15 is 0 Å². The van der Waals surface area contributed by atoms with Gasteiger partial charge < -0.3 is 0 Å². The molecule has 0 nitrogen and oxygen atoms in total. The van der Waals surface area contributed by atoms with Gasteiger partial charge >= 0.3 is 0 Å². The molecular weight excluding hydrogens is 240 g/mol. The Kier molecular flexibility index (Phi) is 4.19. The lowest BCUT2D eigenvalue weighted by molar-refractivity contribution is 0.107. The molecule has 0 heterocycles. The molecule has 3 rings (SSSR count). The average molecular weight is 270 g/mol. The number of unbranched alkanes of at least 4 members (excludes halogenated alkanes) is 2. The minimum absolute atomic E-state index is 0.593. The van der Waals surface area contributed by atoms with Crippen LogP contribution in [-0.2, 0) is 6.42 Å². The van der Waals surface area contributed by atoms with Crippen molar-refractivity contribution in [1.82, 2.24) is 0 Å². The van der Waals surface area contributed by atoms with Gasteiger partial charge in [0.2, 0.25) is 0 Å². The van der Waals surface area contributed by atoms with E-state index < -0.39 is 0 Å². The smallest absolute Gasteiger partial charge is 0.0102 e. The van der Waals surface area contributed by atoms with Gasteiger partial charge in [0, 0.05) is 0 Å². The SMILES string of the molecule is CCCCCC1CCC2(C)CCc3ccccc3C2C1. The molecule has 20 heavy (non-hydrogen) atoms. The molecular formula is C20H30. The van der Waals surface area contributed by atoms with Crippen LogP contribution in [0.1, 0.15) is 82.3 Å². The maximum atomic E-state index is 2.57. The molecule has 0 aliphatic heterocycles. The fourth-order valence-electron chi connectivity index (χ4n) is 4.71. The van der Waals surface area contributed by atoms with Crippen molar-refractivity contribution in [3.05, 3.63) is 35.4 Å². The number of benzene rings is 1. The molecule has 1 aromatic carbocycles. The van der Waals surface area contributed by atoms with Crippen molar-refractivity contribution >= 4 is 0 Å². The first-order chi connectivity index (χ1) is 9.73. The Morgan fingerprint density at radius 2 is 2.00 bits per heavy atom. The molecule has 2 aliphatic rings. The summed E-state index contributed by atoms with van der Waals surface area (Å²) >= 11 is 0. The van der Waals surface area contributed by atoms with Crippen molar-refractivity contribution < 1.29 is 0 Å². The van der Waals surface area contributed by atoms with Crippen molar-refractivity contribution in [3.8, 4) is 0 Å². The van der Waals surface area contributed by atoms with Gasteiger partial charge in [-0.3, -0.25) is 0 Å². The number of aryl methyl sites for hydroxylation is 1. The molecule has 0 bridgehead atoms. The van der Waals surface area contributed by atoms with Gasteiger partial charge in [0.15, 0.2) is 0 Å². The van der Waals surface area contributed by atoms with E-state index in [0.717, 1.165) is 11.8 Å². The van der Waals surface area contributed by atoms with Crippen LogP contribution in [0.2, 0.25) is 0 Å². The fraction of sp³-hybridized carbons (Fsp3) is 0.700. The summed E-state index contributed by atoms with van der Waals surface area (Å²) in [5.74, 6) is 1.83. The monoisotopic (exact) mass is 270 g/mol. The van der Waals surface area contributed by atoms with Crippen LogP contribution >= 0.6 is 0 Å². The van der Waals surface area contributed by atoms with Crippen molar-refractivity contribution in [2.24, 2.45) is 11.3 Å². The van der Waals surface area contributed by atoms with E-state index in [-0.39, 0.29) is 0 Å². The number of hydrogen-bond donors (Lipinski definition) is 0. The third kappa shape index (κ3) is 2.67. The Morgan fingerprint density at radius 3 is 2.85 bits per heavy atom. The highest BCUT2D eigenvalue weighted by Crippen LogP contribution is 2.55. The highest BCUT2D eigenvalue weighted by molar-refractivity contribution is 5.35. The minimum atomic E-state index is 0.593. The van der Waals surface area contributed by atoms with Crippen LogP contribution in [0.4, 0.5) is 0 Å². The Labute approximate surface area is 125 Å². The first-order valence-corrected chi connectivity index (χ1v) is 8.81. The number of rotatable bonds is 4. The molecule has 0 saturated heterocycles. The van der Waals surface area contributed by atoms with Gasteiger partial charge in [0.25, 0.3) is 0 Å². The van der Waals surface area contributed by atoms with Crippen LogP contribution < -0.4 is 0 Å². The predicted molar refractivity (Wildman–Crippen MR) is 87.1 cm³/mol. The van der Waals surface area contributed by atoms with Gasteiger partial charge in [0.05, 0.1) is 0 Å². The standard InChI is InChI=1S/C20H30/c1-3-4-5-8-16-11-13-20(2)14-12-17-9-6-7-10-18(17)19(20)15-16/h6-7,9-10,16,19H,3-5,8,11-15H2,1-2H3. The first-order valence-electron chi connectivity index (χ1n) is 8.81. The van der Waals surface area contributed by atoms with Gasteiger partial charge in [-0.2, -0.15) is 0 Å². The largest absolute Gasteiger partial charge is 0.0654 e. The zero-order valence-corrected chi connectivity index (χ0v) is 13.3. The van der Waals surface area contributed by atoms with Gasteiger partial charge in [-0.1, -0.05) is 63.8 Å². The van der Waals surface area contributed by atoms with Gasteiger partial charge in [-0.15, -0.1) is 0 Å². The molecule has 0 amide bonds. The second kappa shape index (κ2) is 5.92. The highest BCUT2D eigenvalue weighted by atomic mass is 14.5. The average Bonchev–Trinajstić information content (AvgIpc) is 2.48. The minimum Gasteiger partial charge on any atom is -0.0654 e. The van der Waals surface area contributed by atoms with E-state index in [4.69, 9.17) is 0 Å². The molecule has 3 atom stereocenters. The lowest BCUT2D eigenvalue weighted by Gasteiger charge is -2.48. The molecule has 110 valence electrons. The second-order valence-corrected chi connectivity index (χ2v) is 7.54. The number of hydrogen-bond acceptors (Lipinski definition) is 0. The Balaban J connectivity index is 1.75. The summed E-state index contributed by atoms with van der Waals surface area (Å²) in [6.45, 7) is 4.88. The van der Waals surface area contributed by atoms with E-state index in [1.54, 1.807) is 11.1 Å².